The Morgan fingerprint density at radius 1 is 1.06 bits per heavy atom. The van der Waals surface area contributed by atoms with Crippen LogP contribution in [0, 0.1) is 11.8 Å². The second-order valence-electron chi connectivity index (χ2n) is 6.19. The number of hydrogen-bond donors (Lipinski definition) is 1. The van der Waals surface area contributed by atoms with E-state index in [-0.39, 0.29) is 0 Å². The van der Waals surface area contributed by atoms with E-state index in [4.69, 9.17) is 4.74 Å². The molecule has 1 aliphatic heterocycles. The predicted molar refractivity (Wildman–Crippen MR) is 78.9 cm³/mol. The summed E-state index contributed by atoms with van der Waals surface area (Å²) in [5.74, 6) is 1.72. The smallest absolute Gasteiger partial charge is 0.0468 e. The third-order valence-electron chi connectivity index (χ3n) is 4.39. The molecule has 0 aliphatic carbocycles. The van der Waals surface area contributed by atoms with Crippen LogP contribution in [0.4, 0.5) is 0 Å². The molecule has 1 aliphatic rings. The maximum Gasteiger partial charge on any atom is 0.0468 e. The van der Waals surface area contributed by atoms with E-state index in [1.807, 2.05) is 0 Å². The Morgan fingerprint density at radius 2 is 1.72 bits per heavy atom. The van der Waals surface area contributed by atoms with Gasteiger partial charge in [-0.15, -0.1) is 0 Å². The SMILES string of the molecule is CNC(CCCCCCC1CCOCC1)C(C)C. The van der Waals surface area contributed by atoms with E-state index in [0.717, 1.165) is 25.0 Å². The Balaban J connectivity index is 1.91. The van der Waals surface area contributed by atoms with Gasteiger partial charge in [-0.2, -0.15) is 0 Å². The van der Waals surface area contributed by atoms with Crippen LogP contribution in [0.25, 0.3) is 0 Å². The number of ether oxygens (including phenoxy) is 1. The quantitative estimate of drug-likeness (QED) is 0.629. The molecule has 2 nitrogen and oxygen atoms in total. The monoisotopic (exact) mass is 255 g/mol. The highest BCUT2D eigenvalue weighted by molar-refractivity contribution is 4.68. The molecule has 1 heterocycles. The summed E-state index contributed by atoms with van der Waals surface area (Å²) in [5.41, 5.74) is 0. The first kappa shape index (κ1) is 16.0. The van der Waals surface area contributed by atoms with Crippen molar-refractivity contribution in [1.82, 2.24) is 5.32 Å². The van der Waals surface area contributed by atoms with E-state index in [2.05, 4.69) is 26.2 Å². The molecule has 0 radical (unpaired) electrons. The topological polar surface area (TPSA) is 21.3 Å². The highest BCUT2D eigenvalue weighted by atomic mass is 16.5. The number of rotatable bonds is 9. The van der Waals surface area contributed by atoms with Crippen molar-refractivity contribution in [1.29, 1.82) is 0 Å². The standard InChI is InChI=1S/C16H33NO/c1-14(2)16(17-3)9-7-5-4-6-8-15-10-12-18-13-11-15/h14-17H,4-13H2,1-3H3. The zero-order chi connectivity index (χ0) is 13.2. The van der Waals surface area contributed by atoms with Gasteiger partial charge in [-0.05, 0) is 38.1 Å². The molecular formula is C16H33NO. The molecule has 0 aromatic rings. The average molecular weight is 255 g/mol. The second-order valence-corrected chi connectivity index (χ2v) is 6.19. The van der Waals surface area contributed by atoms with Gasteiger partial charge in [-0.1, -0.05) is 46.0 Å². The van der Waals surface area contributed by atoms with Crippen molar-refractivity contribution >= 4 is 0 Å². The molecule has 0 spiro atoms. The van der Waals surface area contributed by atoms with E-state index in [1.165, 1.54) is 51.4 Å². The Bertz CT molecular complexity index is 188. The maximum atomic E-state index is 5.40. The minimum Gasteiger partial charge on any atom is -0.381 e. The molecule has 1 rings (SSSR count). The van der Waals surface area contributed by atoms with Crippen LogP contribution in [-0.4, -0.2) is 26.3 Å². The van der Waals surface area contributed by atoms with Crippen molar-refractivity contribution in [3.8, 4) is 0 Å². The Kier molecular flexibility index (Phi) is 8.70. The van der Waals surface area contributed by atoms with E-state index in [1.54, 1.807) is 0 Å². The van der Waals surface area contributed by atoms with Crippen LogP contribution in [0.15, 0.2) is 0 Å². The highest BCUT2D eigenvalue weighted by Gasteiger charge is 2.13. The van der Waals surface area contributed by atoms with Gasteiger partial charge in [0.2, 0.25) is 0 Å². The largest absolute Gasteiger partial charge is 0.381 e. The van der Waals surface area contributed by atoms with Crippen LogP contribution < -0.4 is 5.32 Å². The highest BCUT2D eigenvalue weighted by Crippen LogP contribution is 2.21. The minimum absolute atomic E-state index is 0.709. The lowest BCUT2D eigenvalue weighted by Crippen LogP contribution is -2.30. The van der Waals surface area contributed by atoms with Gasteiger partial charge in [0, 0.05) is 19.3 Å². The van der Waals surface area contributed by atoms with Gasteiger partial charge in [-0.3, -0.25) is 0 Å². The molecule has 0 amide bonds. The molecule has 1 saturated heterocycles. The predicted octanol–water partition coefficient (Wildman–Crippen LogP) is 4.00. The van der Waals surface area contributed by atoms with Crippen LogP contribution in [0.3, 0.4) is 0 Å². The lowest BCUT2D eigenvalue weighted by Gasteiger charge is -2.22. The van der Waals surface area contributed by atoms with Gasteiger partial charge in [0.05, 0.1) is 0 Å². The summed E-state index contributed by atoms with van der Waals surface area (Å²) >= 11 is 0. The first-order chi connectivity index (χ1) is 8.74. The van der Waals surface area contributed by atoms with Crippen molar-refractivity contribution < 1.29 is 4.74 Å². The molecule has 2 heteroatoms. The van der Waals surface area contributed by atoms with Crippen LogP contribution >= 0.6 is 0 Å². The van der Waals surface area contributed by atoms with Crippen LogP contribution in [0.1, 0.15) is 65.2 Å². The van der Waals surface area contributed by atoms with Crippen molar-refractivity contribution in [3.63, 3.8) is 0 Å². The van der Waals surface area contributed by atoms with Gasteiger partial charge < -0.3 is 10.1 Å². The summed E-state index contributed by atoms with van der Waals surface area (Å²) in [7, 11) is 2.09. The van der Waals surface area contributed by atoms with Crippen molar-refractivity contribution in [2.75, 3.05) is 20.3 Å². The average Bonchev–Trinajstić information content (AvgIpc) is 2.38. The fourth-order valence-electron chi connectivity index (χ4n) is 3.00. The molecule has 1 unspecified atom stereocenters. The van der Waals surface area contributed by atoms with Crippen LogP contribution in [0.2, 0.25) is 0 Å². The summed E-state index contributed by atoms with van der Waals surface area (Å²) < 4.78 is 5.40. The van der Waals surface area contributed by atoms with Crippen LogP contribution in [0.5, 0.6) is 0 Å². The van der Waals surface area contributed by atoms with E-state index >= 15 is 0 Å². The summed E-state index contributed by atoms with van der Waals surface area (Å²) in [6, 6.07) is 0.709. The second kappa shape index (κ2) is 9.80. The van der Waals surface area contributed by atoms with E-state index in [9.17, 15) is 0 Å². The lowest BCUT2D eigenvalue weighted by molar-refractivity contribution is 0.0631. The molecule has 0 aromatic carbocycles. The molecule has 1 atom stereocenters. The fraction of sp³-hybridized carbons (Fsp3) is 1.00. The zero-order valence-corrected chi connectivity index (χ0v) is 12.7. The molecule has 1 fully saturated rings. The Hall–Kier alpha value is -0.0800. The first-order valence-corrected chi connectivity index (χ1v) is 7.99. The zero-order valence-electron chi connectivity index (χ0n) is 12.7. The van der Waals surface area contributed by atoms with E-state index < -0.39 is 0 Å². The van der Waals surface area contributed by atoms with Crippen LogP contribution in [-0.2, 0) is 4.74 Å². The summed E-state index contributed by atoms with van der Waals surface area (Å²) in [4.78, 5) is 0. The number of nitrogens with one attached hydrogen (secondary N) is 1. The van der Waals surface area contributed by atoms with Crippen molar-refractivity contribution in [2.24, 2.45) is 11.8 Å². The van der Waals surface area contributed by atoms with Crippen molar-refractivity contribution in [3.05, 3.63) is 0 Å². The first-order valence-electron chi connectivity index (χ1n) is 7.99. The normalized spacial score (nSPS) is 19.3. The third kappa shape index (κ3) is 6.75. The van der Waals surface area contributed by atoms with Gasteiger partial charge in [0.25, 0.3) is 0 Å². The fourth-order valence-corrected chi connectivity index (χ4v) is 3.00. The minimum atomic E-state index is 0.709. The molecule has 1 N–H and O–H groups in total. The molecular weight excluding hydrogens is 222 g/mol. The lowest BCUT2D eigenvalue weighted by atomic mass is 9.93. The van der Waals surface area contributed by atoms with Gasteiger partial charge in [0.15, 0.2) is 0 Å². The van der Waals surface area contributed by atoms with Gasteiger partial charge in [-0.25, -0.2) is 0 Å². The third-order valence-corrected chi connectivity index (χ3v) is 4.39. The summed E-state index contributed by atoms with van der Waals surface area (Å²) in [6.45, 7) is 6.63. The van der Waals surface area contributed by atoms with Gasteiger partial charge >= 0.3 is 0 Å². The van der Waals surface area contributed by atoms with Gasteiger partial charge in [0.1, 0.15) is 0 Å². The van der Waals surface area contributed by atoms with Crippen molar-refractivity contribution in [2.45, 2.75) is 71.3 Å². The summed E-state index contributed by atoms with van der Waals surface area (Å²) in [6.07, 6.45) is 11.0. The molecule has 18 heavy (non-hydrogen) atoms. The molecule has 0 aromatic heterocycles. The number of unbranched alkanes of at least 4 members (excludes halogenated alkanes) is 3. The molecule has 0 saturated carbocycles. The number of hydrogen-bond acceptors (Lipinski definition) is 2. The molecule has 0 bridgehead atoms. The summed E-state index contributed by atoms with van der Waals surface area (Å²) in [5, 5.41) is 3.43. The maximum absolute atomic E-state index is 5.40. The molecule has 108 valence electrons. The Morgan fingerprint density at radius 3 is 2.33 bits per heavy atom. The Labute approximate surface area is 114 Å². The van der Waals surface area contributed by atoms with E-state index in [0.29, 0.717) is 6.04 Å².